The number of nitrogens with one attached hydrogen (secondary N) is 1. The van der Waals surface area contributed by atoms with Crippen molar-refractivity contribution in [2.45, 2.75) is 17.3 Å². The highest BCUT2D eigenvalue weighted by atomic mass is 79.9. The quantitative estimate of drug-likeness (QED) is 0.448. The topological polar surface area (TPSA) is 76.4 Å². The maximum atomic E-state index is 12.6. The highest BCUT2D eigenvalue weighted by Crippen LogP contribution is 2.31. The van der Waals surface area contributed by atoms with E-state index < -0.39 is 11.7 Å². The van der Waals surface area contributed by atoms with Crippen molar-refractivity contribution in [3.63, 3.8) is 0 Å². The van der Waals surface area contributed by atoms with Crippen LogP contribution in [0.5, 0.6) is 5.88 Å². The average molecular weight is 394 g/mol. The number of carbonyl (C=O) groups is 1. The van der Waals surface area contributed by atoms with Crippen LogP contribution in [0.4, 0.5) is 8.78 Å². The van der Waals surface area contributed by atoms with Gasteiger partial charge in [-0.3, -0.25) is 9.14 Å². The molecule has 2 rings (SSSR count). The van der Waals surface area contributed by atoms with Crippen molar-refractivity contribution in [3.8, 4) is 5.88 Å². The van der Waals surface area contributed by atoms with Crippen LogP contribution in [0.1, 0.15) is 15.9 Å². The van der Waals surface area contributed by atoms with E-state index in [1.807, 2.05) is 0 Å². The highest BCUT2D eigenvalue weighted by Gasteiger charge is 2.18. The first-order valence-electron chi connectivity index (χ1n) is 5.86. The summed E-state index contributed by atoms with van der Waals surface area (Å²) in [6.45, 7) is -0.150. The van der Waals surface area contributed by atoms with E-state index >= 15 is 0 Å². The molecule has 0 bridgehead atoms. The van der Waals surface area contributed by atoms with Crippen LogP contribution in [0, 0.1) is 0 Å². The highest BCUT2D eigenvalue weighted by molar-refractivity contribution is 9.08. The number of hydrogen-bond acceptors (Lipinski definition) is 5. The van der Waals surface area contributed by atoms with E-state index in [1.165, 1.54) is 30.5 Å². The number of aromatic nitrogens is 2. The van der Waals surface area contributed by atoms with Crippen molar-refractivity contribution >= 4 is 33.8 Å². The molecule has 2 N–H and O–H groups in total. The number of rotatable bonds is 6. The standard InChI is InChI=1S/C12H10BrF2N3O3S/c13-16-11(19)7-2-1-3-9(22-12(14)15)8(7)6-21-10-4-5-18(20)17-10/h1-5,12,20H,6H2,(H,16,19). The molecule has 0 aliphatic heterocycles. The first kappa shape index (κ1) is 16.6. The summed E-state index contributed by atoms with van der Waals surface area (Å²) in [5, 5.41) is 12.7. The van der Waals surface area contributed by atoms with Crippen LogP contribution in [0.15, 0.2) is 35.4 Å². The number of carbonyl (C=O) groups excluding carboxylic acids is 1. The zero-order valence-electron chi connectivity index (χ0n) is 10.9. The number of hydrogen-bond donors (Lipinski definition) is 2. The van der Waals surface area contributed by atoms with Crippen LogP contribution >= 0.6 is 27.9 Å². The van der Waals surface area contributed by atoms with Crippen LogP contribution in [0.3, 0.4) is 0 Å². The predicted molar refractivity (Wildman–Crippen MR) is 78.4 cm³/mol. The van der Waals surface area contributed by atoms with Gasteiger partial charge < -0.3 is 9.94 Å². The molecule has 6 nitrogen and oxygen atoms in total. The van der Waals surface area contributed by atoms with Gasteiger partial charge in [0.25, 0.3) is 11.7 Å². The Bertz CT molecular complexity index is 669. The monoisotopic (exact) mass is 393 g/mol. The predicted octanol–water partition coefficient (Wildman–Crippen LogP) is 3.05. The largest absolute Gasteiger partial charge is 0.472 e. The molecule has 0 fully saturated rings. The summed E-state index contributed by atoms with van der Waals surface area (Å²) in [6.07, 6.45) is 1.25. The van der Waals surface area contributed by atoms with E-state index in [9.17, 15) is 13.6 Å². The van der Waals surface area contributed by atoms with Gasteiger partial charge >= 0.3 is 0 Å². The normalized spacial score (nSPS) is 10.7. The minimum Gasteiger partial charge on any atom is -0.472 e. The minimum atomic E-state index is -2.63. The van der Waals surface area contributed by atoms with E-state index in [0.717, 1.165) is 0 Å². The molecule has 0 saturated carbocycles. The average Bonchev–Trinajstić information content (AvgIpc) is 2.90. The molecule has 10 heteroatoms. The van der Waals surface area contributed by atoms with Gasteiger partial charge in [0.2, 0.25) is 5.88 Å². The van der Waals surface area contributed by atoms with Crippen LogP contribution in [0.2, 0.25) is 0 Å². The van der Waals surface area contributed by atoms with Gasteiger partial charge in [0, 0.05) is 38.2 Å². The third-order valence-corrected chi connectivity index (χ3v) is 3.77. The van der Waals surface area contributed by atoms with Gasteiger partial charge in [-0.1, -0.05) is 22.9 Å². The van der Waals surface area contributed by atoms with Gasteiger partial charge in [-0.25, -0.2) is 0 Å². The first-order valence-corrected chi connectivity index (χ1v) is 7.54. The lowest BCUT2D eigenvalue weighted by molar-refractivity contribution is 0.0983. The Balaban J connectivity index is 2.29. The smallest absolute Gasteiger partial charge is 0.288 e. The lowest BCUT2D eigenvalue weighted by Gasteiger charge is -2.13. The summed E-state index contributed by atoms with van der Waals surface area (Å²) in [4.78, 5) is 12.6. The van der Waals surface area contributed by atoms with Gasteiger partial charge in [-0.05, 0) is 12.1 Å². The van der Waals surface area contributed by atoms with E-state index in [-0.39, 0.29) is 22.9 Å². The Morgan fingerprint density at radius 3 is 2.86 bits per heavy atom. The third-order valence-electron chi connectivity index (χ3n) is 2.60. The second-order valence-electron chi connectivity index (χ2n) is 3.95. The van der Waals surface area contributed by atoms with Crippen molar-refractivity contribution in [2.75, 3.05) is 0 Å². The lowest BCUT2D eigenvalue weighted by atomic mass is 10.1. The molecule has 0 spiro atoms. The summed E-state index contributed by atoms with van der Waals surface area (Å²) in [5.41, 5.74) is 0.503. The molecule has 0 aliphatic carbocycles. The Morgan fingerprint density at radius 2 is 2.27 bits per heavy atom. The Morgan fingerprint density at radius 1 is 1.50 bits per heavy atom. The molecule has 0 aliphatic rings. The summed E-state index contributed by atoms with van der Waals surface area (Å²) >= 11 is 3.14. The maximum absolute atomic E-state index is 12.6. The van der Waals surface area contributed by atoms with Crippen molar-refractivity contribution in [1.82, 2.24) is 14.3 Å². The van der Waals surface area contributed by atoms with Crippen LogP contribution in [0.25, 0.3) is 0 Å². The molecule has 0 unspecified atom stereocenters. The number of amides is 1. The Kier molecular flexibility index (Phi) is 5.61. The molecule has 22 heavy (non-hydrogen) atoms. The van der Waals surface area contributed by atoms with E-state index in [2.05, 4.69) is 25.6 Å². The second-order valence-corrected chi connectivity index (χ2v) is 5.38. The number of ether oxygens (including phenoxy) is 1. The first-order chi connectivity index (χ1) is 10.5. The molecule has 118 valence electrons. The van der Waals surface area contributed by atoms with Crippen molar-refractivity contribution < 1.29 is 23.5 Å². The summed E-state index contributed by atoms with van der Waals surface area (Å²) in [7, 11) is 0. The molecular formula is C12H10BrF2N3O3S. The van der Waals surface area contributed by atoms with E-state index in [0.29, 0.717) is 22.2 Å². The Hall–Kier alpha value is -1.81. The van der Waals surface area contributed by atoms with Gasteiger partial charge in [0.05, 0.1) is 6.20 Å². The van der Waals surface area contributed by atoms with Crippen molar-refractivity contribution in [1.29, 1.82) is 0 Å². The van der Waals surface area contributed by atoms with Gasteiger partial charge in [0.15, 0.2) is 0 Å². The van der Waals surface area contributed by atoms with Crippen LogP contribution < -0.4 is 9.08 Å². The fourth-order valence-electron chi connectivity index (χ4n) is 1.71. The molecule has 1 heterocycles. The molecule has 1 aromatic carbocycles. The summed E-state index contributed by atoms with van der Waals surface area (Å²) in [5.74, 6) is -3.01. The molecule has 1 amide bonds. The number of alkyl halides is 2. The fraction of sp³-hybridized carbons (Fsp3) is 0.167. The fourth-order valence-corrected chi connectivity index (χ4v) is 2.58. The van der Waals surface area contributed by atoms with Crippen molar-refractivity contribution in [2.24, 2.45) is 0 Å². The van der Waals surface area contributed by atoms with Crippen LogP contribution in [-0.2, 0) is 6.61 Å². The van der Waals surface area contributed by atoms with Gasteiger partial charge in [-0.15, -0.1) is 4.85 Å². The number of halogens is 3. The van der Waals surface area contributed by atoms with Crippen molar-refractivity contribution in [3.05, 3.63) is 41.6 Å². The lowest BCUT2D eigenvalue weighted by Crippen LogP contribution is -2.16. The number of benzene rings is 1. The summed E-state index contributed by atoms with van der Waals surface area (Å²) < 4.78 is 32.9. The minimum absolute atomic E-state index is 0.101. The summed E-state index contributed by atoms with van der Waals surface area (Å²) in [6, 6.07) is 5.88. The molecular weight excluding hydrogens is 384 g/mol. The van der Waals surface area contributed by atoms with Crippen LogP contribution in [-0.4, -0.2) is 26.8 Å². The van der Waals surface area contributed by atoms with E-state index in [4.69, 9.17) is 9.94 Å². The number of nitrogens with zero attached hydrogens (tertiary/aromatic N) is 2. The van der Waals surface area contributed by atoms with Gasteiger partial charge in [-0.2, -0.15) is 8.78 Å². The zero-order valence-corrected chi connectivity index (χ0v) is 13.3. The maximum Gasteiger partial charge on any atom is 0.288 e. The number of thioether (sulfide) groups is 1. The SMILES string of the molecule is O=C(NBr)c1cccc(SC(F)F)c1COc1ccn(O)n1. The molecule has 0 saturated heterocycles. The van der Waals surface area contributed by atoms with E-state index in [1.54, 1.807) is 0 Å². The third kappa shape index (κ3) is 4.10. The zero-order chi connectivity index (χ0) is 16.1. The molecule has 1 aromatic heterocycles. The molecule has 0 radical (unpaired) electrons. The molecule has 0 atom stereocenters. The second kappa shape index (κ2) is 7.45. The Labute approximate surface area is 136 Å². The van der Waals surface area contributed by atoms with Gasteiger partial charge in [0.1, 0.15) is 6.61 Å². The molecule has 2 aromatic rings.